The lowest BCUT2D eigenvalue weighted by Crippen LogP contribution is -2.44. The summed E-state index contributed by atoms with van der Waals surface area (Å²) in [6, 6.07) is 5.34. The summed E-state index contributed by atoms with van der Waals surface area (Å²) in [5, 5.41) is 0. The number of ether oxygens (including phenoxy) is 1. The number of benzene rings is 1. The van der Waals surface area contributed by atoms with E-state index in [1.807, 2.05) is 6.92 Å². The molecule has 8 heteroatoms. The van der Waals surface area contributed by atoms with E-state index in [0.717, 1.165) is 31.9 Å². The molecule has 1 aromatic rings. The van der Waals surface area contributed by atoms with Crippen molar-refractivity contribution in [3.05, 3.63) is 30.1 Å². The predicted molar refractivity (Wildman–Crippen MR) is 97.0 cm³/mol. The quantitative estimate of drug-likeness (QED) is 0.604. The normalized spacial score (nSPS) is 21.7. The molecule has 0 aromatic heterocycles. The van der Waals surface area contributed by atoms with Crippen molar-refractivity contribution in [2.75, 3.05) is 17.8 Å². The Kier molecular flexibility index (Phi) is 7.00. The fourth-order valence-corrected chi connectivity index (χ4v) is 3.75. The van der Waals surface area contributed by atoms with Crippen LogP contribution in [0.25, 0.3) is 0 Å². The molecule has 26 heavy (non-hydrogen) atoms. The van der Waals surface area contributed by atoms with E-state index in [0.29, 0.717) is 5.69 Å². The van der Waals surface area contributed by atoms with E-state index in [1.54, 1.807) is 6.07 Å². The molecule has 0 radical (unpaired) electrons. The van der Waals surface area contributed by atoms with Crippen LogP contribution in [-0.2, 0) is 19.0 Å². The average Bonchev–Trinajstić information content (AvgIpc) is 2.89. The maximum Gasteiger partial charge on any atom is 0.415 e. The van der Waals surface area contributed by atoms with Crippen LogP contribution in [-0.4, -0.2) is 39.5 Å². The summed E-state index contributed by atoms with van der Waals surface area (Å²) in [4.78, 5) is 13.9. The maximum atomic E-state index is 13.7. The van der Waals surface area contributed by atoms with Crippen LogP contribution in [0.4, 0.5) is 14.9 Å². The Morgan fingerprint density at radius 3 is 2.65 bits per heavy atom. The van der Waals surface area contributed by atoms with Gasteiger partial charge < -0.3 is 4.74 Å². The molecule has 0 bridgehead atoms. The number of rotatable bonds is 9. The molecule has 6 nitrogen and oxygen atoms in total. The first-order valence-corrected chi connectivity index (χ1v) is 10.7. The smallest absolute Gasteiger partial charge is 0.415 e. The van der Waals surface area contributed by atoms with E-state index < -0.39 is 34.2 Å². The Bertz CT molecular complexity index is 724. The van der Waals surface area contributed by atoms with Gasteiger partial charge in [0, 0.05) is 0 Å². The second-order valence-corrected chi connectivity index (χ2v) is 8.21. The Labute approximate surface area is 154 Å². The highest BCUT2D eigenvalue weighted by Crippen LogP contribution is 2.35. The molecule has 0 spiro atoms. The Hall–Kier alpha value is -1.67. The summed E-state index contributed by atoms with van der Waals surface area (Å²) >= 11 is 0. The van der Waals surface area contributed by atoms with Gasteiger partial charge in [-0.3, -0.25) is 9.08 Å². The highest BCUT2D eigenvalue weighted by Gasteiger charge is 2.46. The molecule has 1 heterocycles. The molecule has 1 aromatic carbocycles. The standard InChI is InChI=1S/C18H26FNO5S/c1-4-6-8-13(5-2)17-16(12-24-26(3,22)23)25-18(21)20(17)15-10-7-9-14(19)11-15/h7,9-11,13,16-17H,4-6,8,12H2,1-3H3. The fourth-order valence-electron chi connectivity index (χ4n) is 3.37. The number of carbonyl (C=O) groups excluding carboxylic acids is 1. The Balaban J connectivity index is 2.35. The highest BCUT2D eigenvalue weighted by molar-refractivity contribution is 7.85. The van der Waals surface area contributed by atoms with Crippen molar-refractivity contribution in [1.82, 2.24) is 0 Å². The summed E-state index contributed by atoms with van der Waals surface area (Å²) in [5.41, 5.74) is 0.400. The van der Waals surface area contributed by atoms with E-state index in [1.165, 1.54) is 23.1 Å². The Morgan fingerprint density at radius 2 is 2.08 bits per heavy atom. The second kappa shape index (κ2) is 8.81. The van der Waals surface area contributed by atoms with Gasteiger partial charge in [0.2, 0.25) is 0 Å². The lowest BCUT2D eigenvalue weighted by molar-refractivity contribution is 0.0823. The minimum absolute atomic E-state index is 0.0813. The van der Waals surface area contributed by atoms with Gasteiger partial charge in [0.25, 0.3) is 10.1 Å². The molecular formula is C18H26FNO5S. The van der Waals surface area contributed by atoms with Crippen LogP contribution in [0.5, 0.6) is 0 Å². The van der Waals surface area contributed by atoms with Crippen LogP contribution < -0.4 is 4.90 Å². The topological polar surface area (TPSA) is 72.9 Å². The van der Waals surface area contributed by atoms with Crippen LogP contribution in [0.15, 0.2) is 24.3 Å². The number of nitrogens with zero attached hydrogens (tertiary/aromatic N) is 1. The number of anilines is 1. The Morgan fingerprint density at radius 1 is 1.35 bits per heavy atom. The van der Waals surface area contributed by atoms with Gasteiger partial charge in [0.1, 0.15) is 18.5 Å². The number of amides is 1. The number of hydrogen-bond acceptors (Lipinski definition) is 5. The maximum absolute atomic E-state index is 13.7. The first kappa shape index (κ1) is 20.6. The van der Waals surface area contributed by atoms with Gasteiger partial charge in [-0.2, -0.15) is 8.42 Å². The molecule has 1 aliphatic rings. The third-order valence-electron chi connectivity index (χ3n) is 4.60. The minimum Gasteiger partial charge on any atom is -0.441 e. The molecule has 146 valence electrons. The zero-order chi connectivity index (χ0) is 19.3. The molecule has 1 aliphatic heterocycles. The zero-order valence-corrected chi connectivity index (χ0v) is 16.2. The largest absolute Gasteiger partial charge is 0.441 e. The monoisotopic (exact) mass is 387 g/mol. The van der Waals surface area contributed by atoms with Gasteiger partial charge >= 0.3 is 6.09 Å². The van der Waals surface area contributed by atoms with Crippen LogP contribution in [0.1, 0.15) is 39.5 Å². The van der Waals surface area contributed by atoms with Gasteiger partial charge in [-0.15, -0.1) is 0 Å². The van der Waals surface area contributed by atoms with Crippen molar-refractivity contribution in [2.24, 2.45) is 5.92 Å². The lowest BCUT2D eigenvalue weighted by Gasteiger charge is -2.31. The number of cyclic esters (lactones) is 1. The van der Waals surface area contributed by atoms with E-state index in [9.17, 15) is 17.6 Å². The van der Waals surface area contributed by atoms with Gasteiger partial charge in [0.05, 0.1) is 18.0 Å². The third kappa shape index (κ3) is 5.17. The first-order valence-electron chi connectivity index (χ1n) is 8.86. The molecule has 1 saturated heterocycles. The third-order valence-corrected chi connectivity index (χ3v) is 5.16. The fraction of sp³-hybridized carbons (Fsp3) is 0.611. The van der Waals surface area contributed by atoms with Gasteiger partial charge in [-0.05, 0) is 30.5 Å². The van der Waals surface area contributed by atoms with Crippen molar-refractivity contribution in [1.29, 1.82) is 0 Å². The number of unbranched alkanes of at least 4 members (excludes halogenated alkanes) is 1. The van der Waals surface area contributed by atoms with E-state index in [2.05, 4.69) is 6.92 Å². The van der Waals surface area contributed by atoms with Crippen LogP contribution in [0.3, 0.4) is 0 Å². The minimum atomic E-state index is -3.66. The molecule has 0 aliphatic carbocycles. The summed E-state index contributed by atoms with van der Waals surface area (Å²) in [6.45, 7) is 3.85. The van der Waals surface area contributed by atoms with Crippen LogP contribution in [0, 0.1) is 11.7 Å². The van der Waals surface area contributed by atoms with E-state index in [-0.39, 0.29) is 12.5 Å². The van der Waals surface area contributed by atoms with Gasteiger partial charge in [-0.25, -0.2) is 9.18 Å². The molecule has 3 atom stereocenters. The number of carbonyl (C=O) groups is 1. The second-order valence-electron chi connectivity index (χ2n) is 6.56. The van der Waals surface area contributed by atoms with E-state index >= 15 is 0 Å². The number of hydrogen-bond donors (Lipinski definition) is 0. The lowest BCUT2D eigenvalue weighted by atomic mass is 9.87. The molecule has 0 saturated carbocycles. The zero-order valence-electron chi connectivity index (χ0n) is 15.4. The predicted octanol–water partition coefficient (Wildman–Crippen LogP) is 3.71. The van der Waals surface area contributed by atoms with Crippen LogP contribution >= 0.6 is 0 Å². The van der Waals surface area contributed by atoms with E-state index in [4.69, 9.17) is 8.92 Å². The molecule has 2 rings (SSSR count). The van der Waals surface area contributed by atoms with Crippen molar-refractivity contribution in [2.45, 2.75) is 51.7 Å². The average molecular weight is 387 g/mol. The molecule has 3 unspecified atom stereocenters. The van der Waals surface area contributed by atoms with Crippen LogP contribution in [0.2, 0.25) is 0 Å². The highest BCUT2D eigenvalue weighted by atomic mass is 32.2. The molecule has 1 amide bonds. The van der Waals surface area contributed by atoms with Crippen molar-refractivity contribution in [3.63, 3.8) is 0 Å². The summed E-state index contributed by atoms with van der Waals surface area (Å²) < 4.78 is 46.7. The van der Waals surface area contributed by atoms with Gasteiger partial charge in [0.15, 0.2) is 0 Å². The summed E-state index contributed by atoms with van der Waals surface area (Å²) in [7, 11) is -3.66. The van der Waals surface area contributed by atoms with Gasteiger partial charge in [-0.1, -0.05) is 39.2 Å². The van der Waals surface area contributed by atoms with Crippen molar-refractivity contribution >= 4 is 21.9 Å². The summed E-state index contributed by atoms with van der Waals surface area (Å²) in [5.74, 6) is -0.371. The molecular weight excluding hydrogens is 361 g/mol. The summed E-state index contributed by atoms with van der Waals surface area (Å²) in [6.07, 6.45) is 3.22. The number of halogens is 1. The molecule has 1 fully saturated rings. The SMILES string of the molecule is CCCCC(CC)C1C(COS(C)(=O)=O)OC(=O)N1c1cccc(F)c1. The van der Waals surface area contributed by atoms with Crippen molar-refractivity contribution < 1.29 is 26.5 Å². The first-order chi connectivity index (χ1) is 12.3. The molecule has 0 N–H and O–H groups in total. The van der Waals surface area contributed by atoms with Crippen molar-refractivity contribution in [3.8, 4) is 0 Å².